The van der Waals surface area contributed by atoms with Gasteiger partial charge < -0.3 is 14.7 Å². The number of carbonyl (C=O) groups excluding carboxylic acids is 1. The zero-order valence-corrected chi connectivity index (χ0v) is 19.2. The van der Waals surface area contributed by atoms with Crippen molar-refractivity contribution in [3.63, 3.8) is 0 Å². The van der Waals surface area contributed by atoms with E-state index in [-0.39, 0.29) is 28.2 Å². The zero-order chi connectivity index (χ0) is 21.8. The van der Waals surface area contributed by atoms with Gasteiger partial charge >= 0.3 is 5.97 Å². The fraction of sp³-hybridized carbons (Fsp3) is 0.652. The molecular weight excluding hydrogens is 386 g/mol. The third-order valence-electron chi connectivity index (χ3n) is 5.23. The number of hydrogen-bond acceptors (Lipinski definition) is 4. The van der Waals surface area contributed by atoms with Gasteiger partial charge in [0.05, 0.1) is 23.2 Å². The van der Waals surface area contributed by atoms with Crippen LogP contribution in [0.1, 0.15) is 74.9 Å². The first kappa shape index (κ1) is 23.4. The molecule has 0 saturated heterocycles. The topological polar surface area (TPSA) is 66.8 Å². The van der Waals surface area contributed by atoms with Gasteiger partial charge in [0, 0.05) is 18.4 Å². The number of methoxy groups -OCH3 is 1. The average Bonchev–Trinajstić information content (AvgIpc) is 3.08. The van der Waals surface area contributed by atoms with Crippen molar-refractivity contribution in [2.75, 3.05) is 18.6 Å². The fourth-order valence-corrected chi connectivity index (χ4v) is 4.27. The summed E-state index contributed by atoms with van der Waals surface area (Å²) in [5.74, 6) is 5.76. The summed E-state index contributed by atoms with van der Waals surface area (Å²) in [4.78, 5) is 27.8. The quantitative estimate of drug-likeness (QED) is 0.656. The van der Waals surface area contributed by atoms with E-state index in [2.05, 4.69) is 18.8 Å². The summed E-state index contributed by atoms with van der Waals surface area (Å²) in [6.07, 6.45) is 3.55. The molecule has 1 heterocycles. The molecule has 0 aliphatic heterocycles. The first-order valence-electron chi connectivity index (χ1n) is 10.3. The molecule has 1 aromatic heterocycles. The molecule has 160 valence electrons. The number of rotatable bonds is 6. The number of hydrogen-bond donors (Lipinski definition) is 1. The van der Waals surface area contributed by atoms with Gasteiger partial charge in [-0.05, 0) is 65.4 Å². The van der Waals surface area contributed by atoms with E-state index in [1.807, 2.05) is 27.7 Å². The highest BCUT2D eigenvalue weighted by molar-refractivity contribution is 7.15. The van der Waals surface area contributed by atoms with Crippen molar-refractivity contribution >= 4 is 28.9 Å². The van der Waals surface area contributed by atoms with Crippen molar-refractivity contribution in [2.45, 2.75) is 66.4 Å². The summed E-state index contributed by atoms with van der Waals surface area (Å²) in [5, 5.41) is 9.77. The molecule has 1 amide bonds. The van der Waals surface area contributed by atoms with Crippen LogP contribution in [0.5, 0.6) is 0 Å². The van der Waals surface area contributed by atoms with Crippen molar-refractivity contribution in [1.29, 1.82) is 0 Å². The summed E-state index contributed by atoms with van der Waals surface area (Å²) >= 11 is 1.13. The second kappa shape index (κ2) is 9.77. The van der Waals surface area contributed by atoms with Crippen molar-refractivity contribution < 1.29 is 19.4 Å². The number of thiophene rings is 1. The molecule has 29 heavy (non-hydrogen) atoms. The molecule has 0 bridgehead atoms. The number of anilines is 1. The lowest BCUT2D eigenvalue weighted by Crippen LogP contribution is -2.42. The SMILES string of the molecule is CO[C@H](C)CN(C(=O)C1CCC(C)CC1)c1cc(C#CC(C)(C)C)sc1C(=O)O. The largest absolute Gasteiger partial charge is 0.477 e. The molecule has 6 heteroatoms. The number of nitrogens with zero attached hydrogens (tertiary/aromatic N) is 1. The van der Waals surface area contributed by atoms with Gasteiger partial charge in [0.2, 0.25) is 5.91 Å². The molecule has 0 aromatic carbocycles. The molecule has 1 saturated carbocycles. The highest BCUT2D eigenvalue weighted by atomic mass is 32.1. The van der Waals surface area contributed by atoms with Crippen LogP contribution in [0.15, 0.2) is 6.07 Å². The molecule has 1 atom stereocenters. The summed E-state index contributed by atoms with van der Waals surface area (Å²) in [6.45, 7) is 10.4. The molecule has 0 radical (unpaired) electrons. The van der Waals surface area contributed by atoms with E-state index in [1.54, 1.807) is 18.1 Å². The normalized spacial score (nSPS) is 20.5. The van der Waals surface area contributed by atoms with Crippen LogP contribution in [-0.2, 0) is 9.53 Å². The maximum atomic E-state index is 13.4. The summed E-state index contributed by atoms with van der Waals surface area (Å²) in [5.41, 5.74) is 0.250. The first-order valence-corrected chi connectivity index (χ1v) is 11.1. The Morgan fingerprint density at radius 1 is 1.31 bits per heavy atom. The van der Waals surface area contributed by atoms with Crippen LogP contribution in [-0.4, -0.2) is 36.7 Å². The molecule has 1 fully saturated rings. The Hall–Kier alpha value is -1.84. The standard InChI is InChI=1S/C23H33NO4S/c1-15-7-9-17(10-8-15)21(25)24(14-16(2)28-6)19-13-18(11-12-23(3,4)5)29-20(19)22(26)27/h13,15-17H,7-10,14H2,1-6H3,(H,26,27)/t15?,16-,17?/m1/s1. The maximum absolute atomic E-state index is 13.4. The lowest BCUT2D eigenvalue weighted by Gasteiger charge is -2.32. The Morgan fingerprint density at radius 3 is 2.45 bits per heavy atom. The molecule has 1 aliphatic rings. The van der Waals surface area contributed by atoms with Crippen LogP contribution in [0.25, 0.3) is 0 Å². The van der Waals surface area contributed by atoms with Crippen LogP contribution in [0, 0.1) is 29.1 Å². The Balaban J connectivity index is 2.43. The molecule has 0 unspecified atom stereocenters. The van der Waals surface area contributed by atoms with Gasteiger partial charge in [0.1, 0.15) is 4.88 Å². The lowest BCUT2D eigenvalue weighted by molar-refractivity contribution is -0.123. The van der Waals surface area contributed by atoms with Crippen molar-refractivity contribution in [1.82, 2.24) is 0 Å². The smallest absolute Gasteiger partial charge is 0.348 e. The van der Waals surface area contributed by atoms with Gasteiger partial charge in [-0.25, -0.2) is 4.79 Å². The van der Waals surface area contributed by atoms with Gasteiger partial charge in [0.15, 0.2) is 0 Å². The Labute approximate surface area is 178 Å². The minimum atomic E-state index is -1.03. The van der Waals surface area contributed by atoms with E-state index >= 15 is 0 Å². The minimum Gasteiger partial charge on any atom is -0.477 e. The Morgan fingerprint density at radius 2 is 1.93 bits per heavy atom. The third kappa shape index (κ3) is 6.58. The number of amides is 1. The number of carboxylic acids is 1. The van der Waals surface area contributed by atoms with Crippen LogP contribution in [0.2, 0.25) is 0 Å². The van der Waals surface area contributed by atoms with E-state index in [1.165, 1.54) is 0 Å². The van der Waals surface area contributed by atoms with Gasteiger partial charge in [-0.2, -0.15) is 0 Å². The highest BCUT2D eigenvalue weighted by Crippen LogP contribution is 2.35. The van der Waals surface area contributed by atoms with Gasteiger partial charge in [-0.3, -0.25) is 4.79 Å². The second-order valence-electron chi connectivity index (χ2n) is 9.08. The van der Waals surface area contributed by atoms with Gasteiger partial charge in [0.25, 0.3) is 0 Å². The minimum absolute atomic E-state index is 0.00331. The lowest BCUT2D eigenvalue weighted by atomic mass is 9.82. The van der Waals surface area contributed by atoms with Crippen molar-refractivity contribution in [2.24, 2.45) is 17.3 Å². The number of aromatic carboxylic acids is 1. The molecule has 1 aromatic rings. The summed E-state index contributed by atoms with van der Waals surface area (Å²) in [7, 11) is 1.60. The van der Waals surface area contributed by atoms with E-state index in [4.69, 9.17) is 4.74 Å². The molecular formula is C23H33NO4S. The molecule has 1 N–H and O–H groups in total. The van der Waals surface area contributed by atoms with Gasteiger partial charge in [-0.1, -0.05) is 18.8 Å². The highest BCUT2D eigenvalue weighted by Gasteiger charge is 2.32. The average molecular weight is 420 g/mol. The Bertz CT molecular complexity index is 788. The monoisotopic (exact) mass is 419 g/mol. The zero-order valence-electron chi connectivity index (χ0n) is 18.4. The van der Waals surface area contributed by atoms with E-state index in [9.17, 15) is 14.7 Å². The fourth-order valence-electron chi connectivity index (χ4n) is 3.41. The van der Waals surface area contributed by atoms with Gasteiger partial charge in [-0.15, -0.1) is 11.3 Å². The molecule has 1 aliphatic carbocycles. The number of ether oxygens (including phenoxy) is 1. The molecule has 5 nitrogen and oxygen atoms in total. The van der Waals surface area contributed by atoms with Crippen molar-refractivity contribution in [3.05, 3.63) is 15.8 Å². The second-order valence-corrected chi connectivity index (χ2v) is 10.1. The van der Waals surface area contributed by atoms with Crippen LogP contribution in [0.4, 0.5) is 5.69 Å². The van der Waals surface area contributed by atoms with E-state index < -0.39 is 5.97 Å². The molecule has 0 spiro atoms. The maximum Gasteiger partial charge on any atom is 0.348 e. The number of carboxylic acid groups (broad SMARTS) is 1. The summed E-state index contributed by atoms with van der Waals surface area (Å²) in [6, 6.07) is 1.75. The van der Waals surface area contributed by atoms with E-state index in [0.717, 1.165) is 37.0 Å². The van der Waals surface area contributed by atoms with Crippen LogP contribution < -0.4 is 4.90 Å². The van der Waals surface area contributed by atoms with Crippen molar-refractivity contribution in [3.8, 4) is 11.8 Å². The predicted molar refractivity (Wildman–Crippen MR) is 118 cm³/mol. The summed E-state index contributed by atoms with van der Waals surface area (Å²) < 4.78 is 5.39. The van der Waals surface area contributed by atoms with E-state index in [0.29, 0.717) is 23.0 Å². The van der Waals surface area contributed by atoms with Crippen LogP contribution in [0.3, 0.4) is 0 Å². The number of carbonyl (C=O) groups is 2. The first-order chi connectivity index (χ1) is 13.5. The molecule has 2 rings (SSSR count). The third-order valence-corrected chi connectivity index (χ3v) is 6.26. The van der Waals surface area contributed by atoms with Crippen LogP contribution >= 0.6 is 11.3 Å². The Kier molecular flexibility index (Phi) is 7.90. The predicted octanol–water partition coefficient (Wildman–Crippen LogP) is 5.04.